The molecule has 8 nitrogen and oxygen atoms in total. The summed E-state index contributed by atoms with van der Waals surface area (Å²) in [6.07, 6.45) is 3.33. The van der Waals surface area contributed by atoms with Gasteiger partial charge in [-0.25, -0.2) is 9.59 Å². The van der Waals surface area contributed by atoms with E-state index in [9.17, 15) is 14.4 Å². The van der Waals surface area contributed by atoms with Gasteiger partial charge in [0.05, 0.1) is 18.8 Å². The first kappa shape index (κ1) is 24.5. The molecular weight excluding hydrogens is 470 g/mol. The van der Waals surface area contributed by atoms with E-state index in [1.54, 1.807) is 26.8 Å². The molecule has 0 unspecified atom stereocenters. The lowest BCUT2D eigenvalue weighted by molar-refractivity contribution is 0.0527. The molecule has 1 N–H and O–H groups in total. The first-order valence-electron chi connectivity index (χ1n) is 11.5. The third kappa shape index (κ3) is 5.40. The Morgan fingerprint density at radius 1 is 1.00 bits per heavy atom. The first-order chi connectivity index (χ1) is 16.9. The molecule has 1 aliphatic rings. The zero-order valence-electron chi connectivity index (χ0n) is 19.9. The number of esters is 2. The average Bonchev–Trinajstić information content (AvgIpc) is 3.56. The van der Waals surface area contributed by atoms with Crippen molar-refractivity contribution in [2.75, 3.05) is 18.5 Å². The molecular formula is C26H27NO7S. The van der Waals surface area contributed by atoms with Crippen molar-refractivity contribution in [3.05, 3.63) is 69.0 Å². The highest BCUT2D eigenvalue weighted by Gasteiger charge is 2.28. The van der Waals surface area contributed by atoms with E-state index in [4.69, 9.17) is 18.6 Å². The predicted molar refractivity (Wildman–Crippen MR) is 130 cm³/mol. The average molecular weight is 498 g/mol. The molecule has 0 spiro atoms. The maximum Gasteiger partial charge on any atom is 0.348 e. The number of rotatable bonds is 9. The van der Waals surface area contributed by atoms with Crippen LogP contribution in [-0.2, 0) is 28.9 Å². The Morgan fingerprint density at radius 2 is 1.74 bits per heavy atom. The zero-order chi connectivity index (χ0) is 24.9. The minimum Gasteiger partial charge on any atom is -0.486 e. The van der Waals surface area contributed by atoms with Gasteiger partial charge in [0.25, 0.3) is 5.91 Å². The molecule has 2 heterocycles. The van der Waals surface area contributed by atoms with Crippen molar-refractivity contribution in [2.24, 2.45) is 0 Å². The second-order valence-electron chi connectivity index (χ2n) is 7.99. The number of nitrogens with one attached hydrogen (secondary N) is 1. The summed E-state index contributed by atoms with van der Waals surface area (Å²) in [5, 5.41) is 2.87. The van der Waals surface area contributed by atoms with Crippen molar-refractivity contribution >= 4 is 34.2 Å². The molecule has 0 radical (unpaired) electrons. The SMILES string of the molecule is CCOC(=O)c1sc(NC(=O)c2ccc(COc3ccc4c(c3)CCC4)o2)c(C(=O)OCC)c1C. The van der Waals surface area contributed by atoms with Crippen LogP contribution in [0.25, 0.3) is 0 Å². The van der Waals surface area contributed by atoms with Crippen LogP contribution >= 0.6 is 11.3 Å². The van der Waals surface area contributed by atoms with Crippen LogP contribution in [0.1, 0.15) is 73.3 Å². The fraction of sp³-hybridized carbons (Fsp3) is 0.346. The topological polar surface area (TPSA) is 104 Å². The van der Waals surface area contributed by atoms with Crippen LogP contribution in [0.2, 0.25) is 0 Å². The van der Waals surface area contributed by atoms with Crippen molar-refractivity contribution < 1.29 is 33.0 Å². The molecule has 184 valence electrons. The number of anilines is 1. The van der Waals surface area contributed by atoms with E-state index in [1.807, 2.05) is 6.07 Å². The summed E-state index contributed by atoms with van der Waals surface area (Å²) in [6.45, 7) is 5.51. The maximum absolute atomic E-state index is 12.9. The van der Waals surface area contributed by atoms with E-state index >= 15 is 0 Å². The van der Waals surface area contributed by atoms with Crippen molar-refractivity contribution in [3.63, 3.8) is 0 Å². The molecule has 0 bridgehead atoms. The number of hydrogen-bond acceptors (Lipinski definition) is 8. The molecule has 2 aromatic heterocycles. The highest BCUT2D eigenvalue weighted by atomic mass is 32.1. The summed E-state index contributed by atoms with van der Waals surface area (Å²) in [5.74, 6) is -0.462. The van der Waals surface area contributed by atoms with Gasteiger partial charge in [0.15, 0.2) is 5.76 Å². The van der Waals surface area contributed by atoms with E-state index in [2.05, 4.69) is 17.4 Å². The standard InChI is InChI=1S/C26H27NO7S/c1-4-31-25(29)21-15(3)22(26(30)32-5-2)35-24(21)27-23(28)20-12-11-19(34-20)14-33-18-10-9-16-7-6-8-17(16)13-18/h9-13H,4-8,14H2,1-3H3,(H,27,28). The highest BCUT2D eigenvalue weighted by Crippen LogP contribution is 2.35. The number of benzene rings is 1. The molecule has 0 aliphatic heterocycles. The first-order valence-corrected chi connectivity index (χ1v) is 12.3. The molecule has 0 saturated carbocycles. The lowest BCUT2D eigenvalue weighted by Crippen LogP contribution is -2.14. The zero-order valence-corrected chi connectivity index (χ0v) is 20.7. The normalized spacial score (nSPS) is 12.2. The van der Waals surface area contributed by atoms with Crippen LogP contribution in [0.5, 0.6) is 5.75 Å². The van der Waals surface area contributed by atoms with E-state index in [0.29, 0.717) is 11.3 Å². The lowest BCUT2D eigenvalue weighted by Gasteiger charge is -2.07. The van der Waals surface area contributed by atoms with Gasteiger partial charge in [-0.05, 0) is 81.0 Å². The maximum atomic E-state index is 12.9. The minimum atomic E-state index is -0.630. The van der Waals surface area contributed by atoms with Gasteiger partial charge in [-0.2, -0.15) is 0 Å². The summed E-state index contributed by atoms with van der Waals surface area (Å²) in [6, 6.07) is 9.28. The third-order valence-corrected chi connectivity index (χ3v) is 6.84. The van der Waals surface area contributed by atoms with Gasteiger partial charge in [-0.3, -0.25) is 4.79 Å². The Kier molecular flexibility index (Phi) is 7.55. The second kappa shape index (κ2) is 10.8. The van der Waals surface area contributed by atoms with E-state index in [0.717, 1.165) is 29.9 Å². The van der Waals surface area contributed by atoms with Gasteiger partial charge in [0.2, 0.25) is 0 Å². The van der Waals surface area contributed by atoms with Gasteiger partial charge in [-0.15, -0.1) is 11.3 Å². The molecule has 35 heavy (non-hydrogen) atoms. The number of amides is 1. The van der Waals surface area contributed by atoms with Gasteiger partial charge < -0.3 is 23.9 Å². The van der Waals surface area contributed by atoms with Crippen LogP contribution in [0.3, 0.4) is 0 Å². The molecule has 9 heteroatoms. The quantitative estimate of drug-likeness (QED) is 0.399. The number of thiophene rings is 1. The predicted octanol–water partition coefficient (Wildman–Crippen LogP) is 5.32. The minimum absolute atomic E-state index is 0.0519. The van der Waals surface area contributed by atoms with Crippen LogP contribution in [0, 0.1) is 6.92 Å². The number of ether oxygens (including phenoxy) is 3. The van der Waals surface area contributed by atoms with Crippen LogP contribution in [0.4, 0.5) is 5.00 Å². The molecule has 0 saturated heterocycles. The van der Waals surface area contributed by atoms with Crippen molar-refractivity contribution in [1.29, 1.82) is 0 Å². The number of hydrogen-bond donors (Lipinski definition) is 1. The van der Waals surface area contributed by atoms with Gasteiger partial charge in [0.1, 0.15) is 28.0 Å². The van der Waals surface area contributed by atoms with E-state index in [1.165, 1.54) is 23.6 Å². The lowest BCUT2D eigenvalue weighted by atomic mass is 10.1. The van der Waals surface area contributed by atoms with Crippen molar-refractivity contribution in [3.8, 4) is 5.75 Å². The summed E-state index contributed by atoms with van der Waals surface area (Å²) in [5.41, 5.74) is 3.20. The molecule has 1 amide bonds. The fourth-order valence-corrected chi connectivity index (χ4v) is 5.06. The van der Waals surface area contributed by atoms with Crippen LogP contribution in [0.15, 0.2) is 34.7 Å². The Labute approximate surface area is 207 Å². The Balaban J connectivity index is 1.47. The summed E-state index contributed by atoms with van der Waals surface area (Å²) < 4.78 is 21.7. The largest absolute Gasteiger partial charge is 0.486 e. The van der Waals surface area contributed by atoms with E-state index in [-0.39, 0.29) is 41.0 Å². The number of furan rings is 1. The Bertz CT molecular complexity index is 1260. The molecule has 1 aromatic carbocycles. The van der Waals surface area contributed by atoms with Crippen molar-refractivity contribution in [2.45, 2.75) is 46.6 Å². The number of fused-ring (bicyclic) bond motifs is 1. The smallest absolute Gasteiger partial charge is 0.348 e. The third-order valence-electron chi connectivity index (χ3n) is 5.65. The Morgan fingerprint density at radius 3 is 2.51 bits per heavy atom. The monoisotopic (exact) mass is 497 g/mol. The molecule has 0 fully saturated rings. The molecule has 0 atom stereocenters. The number of carbonyl (C=O) groups is 3. The van der Waals surface area contributed by atoms with Gasteiger partial charge in [-0.1, -0.05) is 6.07 Å². The Hall–Kier alpha value is -3.59. The number of carbonyl (C=O) groups excluding carboxylic acids is 3. The summed E-state index contributed by atoms with van der Waals surface area (Å²) in [7, 11) is 0. The summed E-state index contributed by atoms with van der Waals surface area (Å²) >= 11 is 0.962. The van der Waals surface area contributed by atoms with Gasteiger partial charge in [0, 0.05) is 0 Å². The fourth-order valence-electron chi connectivity index (χ4n) is 3.98. The van der Waals surface area contributed by atoms with Crippen LogP contribution < -0.4 is 10.1 Å². The van der Waals surface area contributed by atoms with E-state index < -0.39 is 17.8 Å². The molecule has 4 rings (SSSR count). The molecule has 1 aliphatic carbocycles. The van der Waals surface area contributed by atoms with Gasteiger partial charge >= 0.3 is 11.9 Å². The molecule has 3 aromatic rings. The number of aryl methyl sites for hydroxylation is 2. The van der Waals surface area contributed by atoms with Crippen LogP contribution in [-0.4, -0.2) is 31.1 Å². The second-order valence-corrected chi connectivity index (χ2v) is 9.01. The summed E-state index contributed by atoms with van der Waals surface area (Å²) in [4.78, 5) is 37.9. The van der Waals surface area contributed by atoms with Crippen molar-refractivity contribution in [1.82, 2.24) is 0 Å². The highest BCUT2D eigenvalue weighted by molar-refractivity contribution is 7.18.